The van der Waals surface area contributed by atoms with Gasteiger partial charge in [0.2, 0.25) is 11.8 Å². The van der Waals surface area contributed by atoms with Gasteiger partial charge in [0.05, 0.1) is 12.0 Å². The fraction of sp³-hybridized carbons (Fsp3) is 0.417. The molecule has 4 rings (SSSR count). The Labute approximate surface area is 172 Å². The second-order valence-electron chi connectivity index (χ2n) is 8.11. The maximum absolute atomic E-state index is 12.7. The van der Waals surface area contributed by atoms with Gasteiger partial charge in [-0.15, -0.1) is 0 Å². The van der Waals surface area contributed by atoms with Crippen molar-refractivity contribution in [1.82, 2.24) is 5.32 Å². The van der Waals surface area contributed by atoms with Crippen molar-refractivity contribution >= 4 is 23.2 Å². The summed E-state index contributed by atoms with van der Waals surface area (Å²) >= 11 is 0. The molecule has 0 aliphatic carbocycles. The van der Waals surface area contributed by atoms with Gasteiger partial charge in [-0.3, -0.25) is 9.59 Å². The molecule has 2 aromatic carbocycles. The van der Waals surface area contributed by atoms with E-state index < -0.39 is 0 Å². The number of nitrogens with one attached hydrogen (secondary N) is 1. The maximum Gasteiger partial charge on any atom is 0.227 e. The molecule has 1 N–H and O–H groups in total. The molecule has 2 heterocycles. The van der Waals surface area contributed by atoms with Crippen LogP contribution in [0.25, 0.3) is 0 Å². The topological polar surface area (TPSA) is 52.7 Å². The SMILES string of the molecule is CC(NC(=O)C1CC(=O)N(c2ccc(N3CCCCC3)cc2)C1)c1ccccc1. The van der Waals surface area contributed by atoms with Crippen LogP contribution in [0.15, 0.2) is 54.6 Å². The smallest absolute Gasteiger partial charge is 0.227 e. The summed E-state index contributed by atoms with van der Waals surface area (Å²) in [6, 6.07) is 18.0. The second-order valence-corrected chi connectivity index (χ2v) is 8.11. The molecule has 2 fully saturated rings. The van der Waals surface area contributed by atoms with E-state index in [0.29, 0.717) is 6.54 Å². The lowest BCUT2D eigenvalue weighted by Crippen LogP contribution is -2.34. The highest BCUT2D eigenvalue weighted by molar-refractivity contribution is 6.00. The van der Waals surface area contributed by atoms with Gasteiger partial charge in [0.1, 0.15) is 0 Å². The van der Waals surface area contributed by atoms with Crippen molar-refractivity contribution < 1.29 is 9.59 Å². The lowest BCUT2D eigenvalue weighted by atomic mass is 10.1. The Morgan fingerprint density at radius 2 is 1.62 bits per heavy atom. The number of nitrogens with zero attached hydrogens (tertiary/aromatic N) is 2. The zero-order valence-electron chi connectivity index (χ0n) is 17.0. The van der Waals surface area contributed by atoms with Gasteiger partial charge >= 0.3 is 0 Å². The Morgan fingerprint density at radius 3 is 2.31 bits per heavy atom. The van der Waals surface area contributed by atoms with Crippen molar-refractivity contribution in [2.75, 3.05) is 29.4 Å². The quantitative estimate of drug-likeness (QED) is 0.841. The molecule has 0 spiro atoms. The minimum absolute atomic E-state index is 0.0169. The third kappa shape index (κ3) is 4.44. The zero-order chi connectivity index (χ0) is 20.2. The molecule has 2 atom stereocenters. The molecule has 0 bridgehead atoms. The van der Waals surface area contributed by atoms with Crippen LogP contribution in [0.5, 0.6) is 0 Å². The minimum Gasteiger partial charge on any atom is -0.372 e. The normalized spacial score (nSPS) is 20.6. The van der Waals surface area contributed by atoms with E-state index >= 15 is 0 Å². The van der Waals surface area contributed by atoms with Gasteiger partial charge in [-0.1, -0.05) is 30.3 Å². The van der Waals surface area contributed by atoms with Gasteiger partial charge < -0.3 is 15.1 Å². The van der Waals surface area contributed by atoms with Gasteiger partial charge in [-0.25, -0.2) is 0 Å². The standard InChI is InChI=1S/C24H29N3O2/c1-18(19-8-4-2-5-9-19)25-24(29)20-16-23(28)27(17-20)22-12-10-21(11-13-22)26-14-6-3-7-15-26/h2,4-5,8-13,18,20H,3,6-7,14-17H2,1H3,(H,25,29). The monoisotopic (exact) mass is 391 g/mol. The van der Waals surface area contributed by atoms with Gasteiger partial charge in [-0.2, -0.15) is 0 Å². The second kappa shape index (κ2) is 8.68. The molecule has 0 radical (unpaired) electrons. The number of benzene rings is 2. The summed E-state index contributed by atoms with van der Waals surface area (Å²) in [5.74, 6) is -0.346. The van der Waals surface area contributed by atoms with E-state index in [1.807, 2.05) is 49.4 Å². The molecule has 2 unspecified atom stereocenters. The average molecular weight is 392 g/mol. The number of hydrogen-bond acceptors (Lipinski definition) is 3. The molecule has 2 aliphatic rings. The molecule has 5 heteroatoms. The van der Waals surface area contributed by atoms with Crippen LogP contribution in [0.1, 0.15) is 44.2 Å². The summed E-state index contributed by atoms with van der Waals surface area (Å²) in [7, 11) is 0. The van der Waals surface area contributed by atoms with Crippen LogP contribution in [-0.2, 0) is 9.59 Å². The third-order valence-electron chi connectivity index (χ3n) is 6.04. The van der Waals surface area contributed by atoms with E-state index in [4.69, 9.17) is 0 Å². The summed E-state index contributed by atoms with van der Waals surface area (Å²) < 4.78 is 0. The summed E-state index contributed by atoms with van der Waals surface area (Å²) in [5.41, 5.74) is 3.16. The Bertz CT molecular complexity index is 844. The number of rotatable bonds is 5. The Hall–Kier alpha value is -2.82. The molecule has 2 aliphatic heterocycles. The zero-order valence-corrected chi connectivity index (χ0v) is 17.0. The fourth-order valence-corrected chi connectivity index (χ4v) is 4.28. The Morgan fingerprint density at radius 1 is 0.966 bits per heavy atom. The number of hydrogen-bond donors (Lipinski definition) is 1. The molecule has 29 heavy (non-hydrogen) atoms. The molecular formula is C24H29N3O2. The fourth-order valence-electron chi connectivity index (χ4n) is 4.28. The van der Waals surface area contributed by atoms with Crippen LogP contribution in [-0.4, -0.2) is 31.4 Å². The van der Waals surface area contributed by atoms with Crippen molar-refractivity contribution in [2.24, 2.45) is 5.92 Å². The largest absolute Gasteiger partial charge is 0.372 e. The highest BCUT2D eigenvalue weighted by Gasteiger charge is 2.35. The van der Waals surface area contributed by atoms with E-state index in [-0.39, 0.29) is 30.2 Å². The first-order valence-corrected chi connectivity index (χ1v) is 10.6. The molecule has 2 amide bonds. The van der Waals surface area contributed by atoms with Crippen LogP contribution >= 0.6 is 0 Å². The molecular weight excluding hydrogens is 362 g/mol. The predicted molar refractivity (Wildman–Crippen MR) is 116 cm³/mol. The predicted octanol–water partition coefficient (Wildman–Crippen LogP) is 3.91. The highest BCUT2D eigenvalue weighted by Crippen LogP contribution is 2.28. The lowest BCUT2D eigenvalue weighted by molar-refractivity contribution is -0.126. The first-order chi connectivity index (χ1) is 14.1. The summed E-state index contributed by atoms with van der Waals surface area (Å²) in [6.45, 7) is 4.62. The summed E-state index contributed by atoms with van der Waals surface area (Å²) in [6.07, 6.45) is 4.06. The highest BCUT2D eigenvalue weighted by atomic mass is 16.2. The molecule has 0 aromatic heterocycles. The third-order valence-corrected chi connectivity index (χ3v) is 6.04. The summed E-state index contributed by atoms with van der Waals surface area (Å²) in [4.78, 5) is 29.4. The maximum atomic E-state index is 12.7. The number of carbonyl (C=O) groups is 2. The van der Waals surface area contributed by atoms with Crippen molar-refractivity contribution in [2.45, 2.75) is 38.6 Å². The summed E-state index contributed by atoms with van der Waals surface area (Å²) in [5, 5.41) is 3.06. The first-order valence-electron chi connectivity index (χ1n) is 10.6. The Kier molecular flexibility index (Phi) is 5.84. The van der Waals surface area contributed by atoms with Crippen LogP contribution < -0.4 is 15.1 Å². The van der Waals surface area contributed by atoms with E-state index in [9.17, 15) is 9.59 Å². The van der Waals surface area contributed by atoms with Crippen LogP contribution in [0, 0.1) is 5.92 Å². The van der Waals surface area contributed by atoms with Crippen LogP contribution in [0.3, 0.4) is 0 Å². The lowest BCUT2D eigenvalue weighted by Gasteiger charge is -2.29. The first kappa shape index (κ1) is 19.5. The van der Waals surface area contributed by atoms with Crippen LogP contribution in [0.2, 0.25) is 0 Å². The molecule has 0 saturated carbocycles. The van der Waals surface area contributed by atoms with Crippen molar-refractivity contribution in [1.29, 1.82) is 0 Å². The van der Waals surface area contributed by atoms with E-state index in [1.54, 1.807) is 4.90 Å². The average Bonchev–Trinajstić information content (AvgIpc) is 3.17. The molecule has 152 valence electrons. The van der Waals surface area contributed by atoms with Crippen molar-refractivity contribution in [3.63, 3.8) is 0 Å². The van der Waals surface area contributed by atoms with Crippen molar-refractivity contribution in [3.8, 4) is 0 Å². The number of carbonyl (C=O) groups excluding carboxylic acids is 2. The van der Waals surface area contributed by atoms with Gasteiger partial charge in [0.25, 0.3) is 0 Å². The van der Waals surface area contributed by atoms with E-state index in [2.05, 4.69) is 22.3 Å². The molecule has 5 nitrogen and oxygen atoms in total. The van der Waals surface area contributed by atoms with Gasteiger partial charge in [0, 0.05) is 37.4 Å². The number of anilines is 2. The molecule has 2 saturated heterocycles. The Balaban J connectivity index is 1.38. The number of amides is 2. The van der Waals surface area contributed by atoms with E-state index in [1.165, 1.54) is 24.9 Å². The van der Waals surface area contributed by atoms with E-state index in [0.717, 1.165) is 24.3 Å². The van der Waals surface area contributed by atoms with Crippen molar-refractivity contribution in [3.05, 3.63) is 60.2 Å². The minimum atomic E-state index is -0.310. The molecule has 2 aromatic rings. The van der Waals surface area contributed by atoms with Gasteiger partial charge in [-0.05, 0) is 56.0 Å². The van der Waals surface area contributed by atoms with Crippen LogP contribution in [0.4, 0.5) is 11.4 Å². The number of piperidine rings is 1. The van der Waals surface area contributed by atoms with Gasteiger partial charge in [0.15, 0.2) is 0 Å².